The van der Waals surface area contributed by atoms with Crippen molar-refractivity contribution in [2.45, 2.75) is 52.0 Å². The van der Waals surface area contributed by atoms with E-state index in [1.807, 2.05) is 11.8 Å². The van der Waals surface area contributed by atoms with E-state index in [1.165, 1.54) is 0 Å². The first-order valence-corrected chi connectivity index (χ1v) is 8.18. The Hall–Kier alpha value is -0.810. The highest BCUT2D eigenvalue weighted by Crippen LogP contribution is 2.32. The molecule has 128 valence electrons. The molecule has 6 heteroatoms. The van der Waals surface area contributed by atoms with Crippen molar-refractivity contribution in [1.82, 2.24) is 10.2 Å². The standard InChI is InChI=1S/C16H29N3O2.ClH/c1-11(2)16(3,10-17)18-14(20)13-5-4-8-19(9-13)15(21)12-6-7-12;/h11-13H,4-10,17H2,1-3H3,(H,18,20);1H. The third kappa shape index (κ3) is 4.35. The molecule has 2 aliphatic rings. The Labute approximate surface area is 139 Å². The SMILES string of the molecule is CC(C)C(C)(CN)NC(=O)C1CCCN(C(=O)C2CC2)C1.Cl. The zero-order valence-electron chi connectivity index (χ0n) is 13.9. The van der Waals surface area contributed by atoms with Crippen molar-refractivity contribution in [3.05, 3.63) is 0 Å². The summed E-state index contributed by atoms with van der Waals surface area (Å²) in [5, 5.41) is 3.11. The number of piperidine rings is 1. The largest absolute Gasteiger partial charge is 0.349 e. The summed E-state index contributed by atoms with van der Waals surface area (Å²) >= 11 is 0. The first-order valence-electron chi connectivity index (χ1n) is 8.18. The van der Waals surface area contributed by atoms with Gasteiger partial charge in [0.15, 0.2) is 0 Å². The van der Waals surface area contributed by atoms with Crippen LogP contribution in [0.25, 0.3) is 0 Å². The fraction of sp³-hybridized carbons (Fsp3) is 0.875. The number of rotatable bonds is 5. The fourth-order valence-electron chi connectivity index (χ4n) is 2.79. The maximum atomic E-state index is 12.5. The Morgan fingerprint density at radius 3 is 2.41 bits per heavy atom. The molecule has 2 amide bonds. The number of halogens is 1. The van der Waals surface area contributed by atoms with Gasteiger partial charge in [-0.15, -0.1) is 12.4 Å². The van der Waals surface area contributed by atoms with Crippen molar-refractivity contribution in [1.29, 1.82) is 0 Å². The summed E-state index contributed by atoms with van der Waals surface area (Å²) in [6, 6.07) is 0. The normalized spacial score (nSPS) is 24.4. The fourth-order valence-corrected chi connectivity index (χ4v) is 2.79. The van der Waals surface area contributed by atoms with Crippen LogP contribution in [0.4, 0.5) is 0 Å². The number of amides is 2. The lowest BCUT2D eigenvalue weighted by Gasteiger charge is -2.37. The molecule has 1 aliphatic heterocycles. The quantitative estimate of drug-likeness (QED) is 0.802. The Morgan fingerprint density at radius 2 is 1.91 bits per heavy atom. The van der Waals surface area contributed by atoms with Crippen molar-refractivity contribution in [2.24, 2.45) is 23.5 Å². The third-order valence-corrected chi connectivity index (χ3v) is 5.14. The van der Waals surface area contributed by atoms with Gasteiger partial charge in [0, 0.05) is 25.6 Å². The zero-order valence-corrected chi connectivity index (χ0v) is 14.7. The van der Waals surface area contributed by atoms with Crippen LogP contribution >= 0.6 is 12.4 Å². The molecule has 0 aromatic rings. The number of nitrogens with zero attached hydrogens (tertiary/aromatic N) is 1. The molecule has 0 bridgehead atoms. The van der Waals surface area contributed by atoms with Crippen LogP contribution in [-0.4, -0.2) is 41.9 Å². The number of nitrogens with one attached hydrogen (secondary N) is 1. The molecule has 2 atom stereocenters. The summed E-state index contributed by atoms with van der Waals surface area (Å²) in [6.45, 7) is 7.92. The second-order valence-electron chi connectivity index (χ2n) is 7.16. The molecule has 1 saturated carbocycles. The molecule has 0 aromatic heterocycles. The molecule has 1 heterocycles. The minimum absolute atomic E-state index is 0. The van der Waals surface area contributed by atoms with E-state index in [2.05, 4.69) is 19.2 Å². The minimum atomic E-state index is -0.375. The highest BCUT2D eigenvalue weighted by Gasteiger charge is 2.38. The van der Waals surface area contributed by atoms with E-state index >= 15 is 0 Å². The van der Waals surface area contributed by atoms with Crippen LogP contribution in [0.15, 0.2) is 0 Å². The molecule has 2 unspecified atom stereocenters. The molecule has 1 saturated heterocycles. The van der Waals surface area contributed by atoms with Crippen LogP contribution in [0.1, 0.15) is 46.5 Å². The first-order chi connectivity index (χ1) is 9.87. The van der Waals surface area contributed by atoms with E-state index in [-0.39, 0.29) is 47.5 Å². The molecule has 0 radical (unpaired) electrons. The van der Waals surface area contributed by atoms with Crippen molar-refractivity contribution < 1.29 is 9.59 Å². The molecule has 5 nitrogen and oxygen atoms in total. The van der Waals surface area contributed by atoms with Gasteiger partial charge in [0.25, 0.3) is 0 Å². The van der Waals surface area contributed by atoms with Gasteiger partial charge in [-0.3, -0.25) is 9.59 Å². The summed E-state index contributed by atoms with van der Waals surface area (Å²) in [4.78, 5) is 26.6. The summed E-state index contributed by atoms with van der Waals surface area (Å²) in [7, 11) is 0. The van der Waals surface area contributed by atoms with E-state index < -0.39 is 0 Å². The second kappa shape index (κ2) is 7.64. The van der Waals surface area contributed by atoms with Gasteiger partial charge in [-0.05, 0) is 38.5 Å². The maximum Gasteiger partial charge on any atom is 0.225 e. The minimum Gasteiger partial charge on any atom is -0.349 e. The van der Waals surface area contributed by atoms with Crippen LogP contribution < -0.4 is 11.1 Å². The predicted octanol–water partition coefficient (Wildman–Crippen LogP) is 1.55. The van der Waals surface area contributed by atoms with Crippen molar-refractivity contribution >= 4 is 24.2 Å². The summed E-state index contributed by atoms with van der Waals surface area (Å²) < 4.78 is 0. The van der Waals surface area contributed by atoms with Crippen LogP contribution in [0.5, 0.6) is 0 Å². The predicted molar refractivity (Wildman–Crippen MR) is 89.7 cm³/mol. The average molecular weight is 332 g/mol. The monoisotopic (exact) mass is 331 g/mol. The van der Waals surface area contributed by atoms with Gasteiger partial charge in [0.2, 0.25) is 11.8 Å². The molecule has 2 fully saturated rings. The number of nitrogens with two attached hydrogens (primary N) is 1. The molecule has 3 N–H and O–H groups in total. The van der Waals surface area contributed by atoms with E-state index in [1.54, 1.807) is 0 Å². The Morgan fingerprint density at radius 1 is 1.27 bits per heavy atom. The summed E-state index contributed by atoms with van der Waals surface area (Å²) in [5.74, 6) is 0.713. The molecule has 22 heavy (non-hydrogen) atoms. The van der Waals surface area contributed by atoms with Gasteiger partial charge in [0.05, 0.1) is 11.5 Å². The Kier molecular flexibility index (Phi) is 6.68. The highest BCUT2D eigenvalue weighted by atomic mass is 35.5. The van der Waals surface area contributed by atoms with Crippen LogP contribution in [0, 0.1) is 17.8 Å². The van der Waals surface area contributed by atoms with E-state index in [0.29, 0.717) is 13.1 Å². The van der Waals surface area contributed by atoms with Gasteiger partial charge in [0.1, 0.15) is 0 Å². The van der Waals surface area contributed by atoms with Crippen molar-refractivity contribution in [2.75, 3.05) is 19.6 Å². The van der Waals surface area contributed by atoms with Gasteiger partial charge in [-0.1, -0.05) is 13.8 Å². The number of carbonyl (C=O) groups is 2. The topological polar surface area (TPSA) is 75.4 Å². The molecule has 2 rings (SSSR count). The Bertz CT molecular complexity index is 412. The number of carbonyl (C=O) groups excluding carboxylic acids is 2. The van der Waals surface area contributed by atoms with Crippen LogP contribution in [0.2, 0.25) is 0 Å². The van der Waals surface area contributed by atoms with E-state index in [0.717, 1.165) is 32.2 Å². The zero-order chi connectivity index (χ0) is 15.6. The lowest BCUT2D eigenvalue weighted by molar-refractivity contribution is -0.137. The van der Waals surface area contributed by atoms with Gasteiger partial charge < -0.3 is 16.0 Å². The smallest absolute Gasteiger partial charge is 0.225 e. The molecular weight excluding hydrogens is 302 g/mol. The lowest BCUT2D eigenvalue weighted by atomic mass is 9.87. The third-order valence-electron chi connectivity index (χ3n) is 5.14. The van der Waals surface area contributed by atoms with Gasteiger partial charge >= 0.3 is 0 Å². The van der Waals surface area contributed by atoms with Crippen molar-refractivity contribution in [3.63, 3.8) is 0 Å². The van der Waals surface area contributed by atoms with Crippen LogP contribution in [0.3, 0.4) is 0 Å². The maximum absolute atomic E-state index is 12.5. The summed E-state index contributed by atoms with van der Waals surface area (Å²) in [5.41, 5.74) is 5.45. The van der Waals surface area contributed by atoms with Gasteiger partial charge in [-0.25, -0.2) is 0 Å². The lowest BCUT2D eigenvalue weighted by Crippen LogP contribution is -2.58. The average Bonchev–Trinajstić information content (AvgIpc) is 3.30. The molecular formula is C16H30ClN3O2. The van der Waals surface area contributed by atoms with E-state index in [4.69, 9.17) is 5.73 Å². The second-order valence-corrected chi connectivity index (χ2v) is 7.16. The Balaban J connectivity index is 0.00000242. The number of likely N-dealkylation sites (tertiary alicyclic amines) is 1. The highest BCUT2D eigenvalue weighted by molar-refractivity contribution is 5.85. The molecule has 0 aromatic carbocycles. The van der Waals surface area contributed by atoms with E-state index in [9.17, 15) is 9.59 Å². The molecule has 1 aliphatic carbocycles. The van der Waals surface area contributed by atoms with Crippen molar-refractivity contribution in [3.8, 4) is 0 Å². The summed E-state index contributed by atoms with van der Waals surface area (Å²) in [6.07, 6.45) is 3.81. The molecule has 0 spiro atoms. The first kappa shape index (κ1) is 19.2. The number of hydrogen-bond acceptors (Lipinski definition) is 3. The van der Waals surface area contributed by atoms with Crippen LogP contribution in [-0.2, 0) is 9.59 Å². The van der Waals surface area contributed by atoms with Gasteiger partial charge in [-0.2, -0.15) is 0 Å². The number of hydrogen-bond donors (Lipinski definition) is 2.